The quantitative estimate of drug-likeness (QED) is 0.485. The van der Waals surface area contributed by atoms with Crippen LogP contribution in [-0.2, 0) is 9.71 Å². The Bertz CT molecular complexity index is 1380. The molecule has 4 heterocycles. The monoisotopic (exact) mass is 372 g/mol. The molecule has 6 heteroatoms. The van der Waals surface area contributed by atoms with Crippen molar-refractivity contribution in [3.05, 3.63) is 79.5 Å². The van der Waals surface area contributed by atoms with E-state index in [1.54, 1.807) is 22.6 Å². The summed E-state index contributed by atoms with van der Waals surface area (Å²) in [6, 6.07) is 15.2. The van der Waals surface area contributed by atoms with E-state index in [4.69, 9.17) is 0 Å². The minimum atomic E-state index is -2.74. The molecule has 0 aliphatic carbocycles. The van der Waals surface area contributed by atoms with E-state index in [-0.39, 0.29) is 0 Å². The first-order valence-corrected chi connectivity index (χ1v) is 10.1. The lowest BCUT2D eigenvalue weighted by Gasteiger charge is -2.12. The topological polar surface area (TPSA) is 63.6 Å². The van der Waals surface area contributed by atoms with Gasteiger partial charge in [0.25, 0.3) is 0 Å². The largest absolute Gasteiger partial charge is 0.346 e. The molecule has 0 saturated carbocycles. The van der Waals surface area contributed by atoms with Gasteiger partial charge in [-0.3, -0.25) is 8.96 Å². The molecule has 5 aromatic rings. The van der Waals surface area contributed by atoms with Crippen molar-refractivity contribution in [1.82, 2.24) is 18.9 Å². The lowest BCUT2D eigenvalue weighted by Crippen LogP contribution is -2.11. The molecule has 0 aliphatic heterocycles. The van der Waals surface area contributed by atoms with Gasteiger partial charge in [0.2, 0.25) is 0 Å². The molecule has 132 valence electrons. The van der Waals surface area contributed by atoms with Gasteiger partial charge >= 0.3 is 0 Å². The van der Waals surface area contributed by atoms with E-state index >= 15 is 0 Å². The van der Waals surface area contributed by atoms with Crippen LogP contribution in [0, 0.1) is 0 Å². The maximum absolute atomic E-state index is 13.7. The molecule has 5 nitrogen and oxygen atoms in total. The average Bonchev–Trinajstić information content (AvgIpc) is 3.30. The van der Waals surface area contributed by atoms with Crippen molar-refractivity contribution in [2.24, 2.45) is 0 Å². The van der Waals surface area contributed by atoms with Crippen LogP contribution in [0.3, 0.4) is 0 Å². The van der Waals surface area contributed by atoms with Crippen LogP contribution in [0.5, 0.6) is 0 Å². The Balaban J connectivity index is 1.82. The SMILES string of the molecule is C=S(=O)(c1ccccc1)n1cc(-c2c[nH]c3ncccc23)c2ccncc21. The third-order valence-electron chi connectivity index (χ3n) is 4.74. The Labute approximate surface area is 156 Å². The maximum Gasteiger partial charge on any atom is 0.137 e. The third kappa shape index (κ3) is 2.38. The summed E-state index contributed by atoms with van der Waals surface area (Å²) in [5.74, 6) is 4.06. The van der Waals surface area contributed by atoms with Gasteiger partial charge in [-0.15, -0.1) is 0 Å². The molecular formula is C21H16N4OS. The second kappa shape index (κ2) is 5.82. The third-order valence-corrected chi connectivity index (χ3v) is 6.69. The van der Waals surface area contributed by atoms with E-state index in [2.05, 4.69) is 20.8 Å². The highest BCUT2D eigenvalue weighted by Crippen LogP contribution is 2.35. The van der Waals surface area contributed by atoms with Crippen LogP contribution in [0.2, 0.25) is 0 Å². The van der Waals surface area contributed by atoms with Crippen LogP contribution in [0.15, 0.2) is 84.4 Å². The molecule has 5 rings (SSSR count). The van der Waals surface area contributed by atoms with E-state index < -0.39 is 9.71 Å². The van der Waals surface area contributed by atoms with E-state index in [1.165, 1.54) is 0 Å². The Morgan fingerprint density at radius 2 is 1.81 bits per heavy atom. The summed E-state index contributed by atoms with van der Waals surface area (Å²) in [5.41, 5.74) is 3.59. The second-order valence-corrected chi connectivity index (χ2v) is 8.46. The number of aromatic amines is 1. The van der Waals surface area contributed by atoms with Crippen molar-refractivity contribution in [3.63, 3.8) is 0 Å². The molecule has 1 unspecified atom stereocenters. The summed E-state index contributed by atoms with van der Waals surface area (Å²) in [4.78, 5) is 12.5. The zero-order chi connectivity index (χ0) is 18.4. The van der Waals surface area contributed by atoms with E-state index in [9.17, 15) is 4.21 Å². The lowest BCUT2D eigenvalue weighted by molar-refractivity contribution is 0.676. The molecule has 0 saturated heterocycles. The summed E-state index contributed by atoms with van der Waals surface area (Å²) in [7, 11) is -2.74. The second-order valence-electron chi connectivity index (χ2n) is 6.32. The molecule has 0 fully saturated rings. The predicted octanol–water partition coefficient (Wildman–Crippen LogP) is 4.12. The van der Waals surface area contributed by atoms with Crippen molar-refractivity contribution in [2.45, 2.75) is 4.90 Å². The summed E-state index contributed by atoms with van der Waals surface area (Å²) in [6.07, 6.45) is 9.08. The molecule has 0 amide bonds. The standard InChI is InChI=1S/C21H16N4OS/c1-27(26,15-6-3-2-4-7-15)25-14-19(16-9-11-22-13-20(16)25)18-12-24-21-17(18)8-5-10-23-21/h2-14H,1H2,(H,23,24). The number of hydrogen-bond donors (Lipinski definition) is 1. The minimum Gasteiger partial charge on any atom is -0.346 e. The Hall–Kier alpha value is -3.38. The molecule has 0 bridgehead atoms. The molecule has 4 aromatic heterocycles. The van der Waals surface area contributed by atoms with Crippen LogP contribution < -0.4 is 0 Å². The Kier molecular flexibility index (Phi) is 3.42. The first kappa shape index (κ1) is 15.8. The number of pyridine rings is 2. The number of benzene rings is 1. The van der Waals surface area contributed by atoms with Gasteiger partial charge in [-0.05, 0) is 36.2 Å². The molecule has 0 radical (unpaired) electrons. The highest BCUT2D eigenvalue weighted by Gasteiger charge is 2.19. The molecular weight excluding hydrogens is 356 g/mol. The van der Waals surface area contributed by atoms with E-state index in [0.29, 0.717) is 4.90 Å². The average molecular weight is 372 g/mol. The van der Waals surface area contributed by atoms with E-state index in [0.717, 1.165) is 33.1 Å². The molecule has 27 heavy (non-hydrogen) atoms. The number of rotatable bonds is 3. The molecule has 0 aliphatic rings. The number of fused-ring (bicyclic) bond motifs is 2. The van der Waals surface area contributed by atoms with Crippen molar-refractivity contribution < 1.29 is 4.21 Å². The van der Waals surface area contributed by atoms with Crippen LogP contribution in [0.25, 0.3) is 33.1 Å². The van der Waals surface area contributed by atoms with Gasteiger partial charge in [-0.1, -0.05) is 18.2 Å². The number of nitrogens with one attached hydrogen (secondary N) is 1. The number of nitrogens with zero attached hydrogens (tertiary/aromatic N) is 3. The van der Waals surface area contributed by atoms with E-state index in [1.807, 2.05) is 60.9 Å². The fraction of sp³-hybridized carbons (Fsp3) is 0. The van der Waals surface area contributed by atoms with Gasteiger partial charge in [0.15, 0.2) is 0 Å². The van der Waals surface area contributed by atoms with Crippen molar-refractivity contribution >= 4 is 37.5 Å². The van der Waals surface area contributed by atoms with Crippen LogP contribution in [0.1, 0.15) is 0 Å². The predicted molar refractivity (Wildman–Crippen MR) is 110 cm³/mol. The molecule has 1 aromatic carbocycles. The fourth-order valence-electron chi connectivity index (χ4n) is 3.43. The maximum atomic E-state index is 13.7. The minimum absolute atomic E-state index is 0.679. The van der Waals surface area contributed by atoms with Crippen LogP contribution in [0.4, 0.5) is 0 Å². The van der Waals surface area contributed by atoms with Crippen molar-refractivity contribution in [1.29, 1.82) is 0 Å². The van der Waals surface area contributed by atoms with Gasteiger partial charge in [0, 0.05) is 51.6 Å². The summed E-state index contributed by atoms with van der Waals surface area (Å²) >= 11 is 0. The summed E-state index contributed by atoms with van der Waals surface area (Å²) in [6.45, 7) is 0. The highest BCUT2D eigenvalue weighted by molar-refractivity contribution is 7.99. The van der Waals surface area contributed by atoms with Crippen molar-refractivity contribution in [3.8, 4) is 11.1 Å². The van der Waals surface area contributed by atoms with Gasteiger partial charge in [0.1, 0.15) is 5.65 Å². The number of H-pyrrole nitrogens is 1. The number of hydrogen-bond acceptors (Lipinski definition) is 3. The van der Waals surface area contributed by atoms with Gasteiger partial charge in [-0.2, -0.15) is 0 Å². The zero-order valence-corrected chi connectivity index (χ0v) is 15.2. The Morgan fingerprint density at radius 1 is 0.963 bits per heavy atom. The summed E-state index contributed by atoms with van der Waals surface area (Å²) in [5, 5.41) is 1.99. The fourth-order valence-corrected chi connectivity index (χ4v) is 4.98. The Morgan fingerprint density at radius 3 is 2.67 bits per heavy atom. The molecule has 1 atom stereocenters. The van der Waals surface area contributed by atoms with Gasteiger partial charge in [0.05, 0.1) is 21.4 Å². The van der Waals surface area contributed by atoms with Gasteiger partial charge < -0.3 is 4.98 Å². The smallest absolute Gasteiger partial charge is 0.137 e. The molecule has 1 N–H and O–H groups in total. The normalized spacial score (nSPS) is 13.8. The zero-order valence-electron chi connectivity index (χ0n) is 14.4. The van der Waals surface area contributed by atoms with Gasteiger partial charge in [-0.25, -0.2) is 9.19 Å². The van der Waals surface area contributed by atoms with Crippen LogP contribution >= 0.6 is 0 Å². The first-order chi connectivity index (χ1) is 13.2. The summed E-state index contributed by atoms with van der Waals surface area (Å²) < 4.78 is 15.4. The van der Waals surface area contributed by atoms with Crippen molar-refractivity contribution in [2.75, 3.05) is 0 Å². The van der Waals surface area contributed by atoms with Crippen LogP contribution in [-0.4, -0.2) is 29.0 Å². The molecule has 0 spiro atoms. The lowest BCUT2D eigenvalue weighted by atomic mass is 10.1. The highest BCUT2D eigenvalue weighted by atomic mass is 32.2. The number of aromatic nitrogens is 4. The first-order valence-electron chi connectivity index (χ1n) is 8.46.